The number of amides is 1. The molecule has 0 radical (unpaired) electrons. The number of anilines is 1. The van der Waals surface area contributed by atoms with Crippen molar-refractivity contribution in [2.24, 2.45) is 5.73 Å². The first-order valence-electron chi connectivity index (χ1n) is 5.98. The Morgan fingerprint density at radius 1 is 1.14 bits per heavy atom. The molecule has 0 spiro atoms. The second-order valence-corrected chi connectivity index (χ2v) is 6.57. The molecule has 2 aromatic rings. The molecule has 21 heavy (non-hydrogen) atoms. The summed E-state index contributed by atoms with van der Waals surface area (Å²) >= 11 is 5.86. The van der Waals surface area contributed by atoms with E-state index < -0.39 is 15.9 Å². The summed E-state index contributed by atoms with van der Waals surface area (Å²) < 4.78 is 27.0. The molecule has 2 aromatic carbocycles. The lowest BCUT2D eigenvalue weighted by atomic mass is 10.2. The van der Waals surface area contributed by atoms with Gasteiger partial charge >= 0.3 is 0 Å². The summed E-state index contributed by atoms with van der Waals surface area (Å²) in [5, 5.41) is 0.433. The van der Waals surface area contributed by atoms with Gasteiger partial charge in [0.2, 0.25) is 5.91 Å². The van der Waals surface area contributed by atoms with Crippen LogP contribution in [0.4, 0.5) is 5.69 Å². The Kier molecular flexibility index (Phi) is 4.20. The zero-order valence-corrected chi connectivity index (χ0v) is 12.7. The van der Waals surface area contributed by atoms with Gasteiger partial charge in [0, 0.05) is 10.6 Å². The van der Waals surface area contributed by atoms with E-state index in [2.05, 4.69) is 4.72 Å². The van der Waals surface area contributed by atoms with Crippen molar-refractivity contribution in [3.63, 3.8) is 0 Å². The monoisotopic (exact) mass is 324 g/mol. The molecular weight excluding hydrogens is 312 g/mol. The number of aryl methyl sites for hydroxylation is 1. The molecule has 0 unspecified atom stereocenters. The van der Waals surface area contributed by atoms with E-state index in [1.54, 1.807) is 19.1 Å². The van der Waals surface area contributed by atoms with Gasteiger partial charge in [-0.25, -0.2) is 8.42 Å². The van der Waals surface area contributed by atoms with Gasteiger partial charge in [-0.2, -0.15) is 0 Å². The Hall–Kier alpha value is -2.05. The van der Waals surface area contributed by atoms with Gasteiger partial charge in [0.05, 0.1) is 10.6 Å². The van der Waals surface area contributed by atoms with E-state index >= 15 is 0 Å². The second-order valence-electron chi connectivity index (χ2n) is 4.45. The molecule has 0 fully saturated rings. The van der Waals surface area contributed by atoms with Crippen LogP contribution in [0.15, 0.2) is 47.4 Å². The van der Waals surface area contributed by atoms with Gasteiger partial charge in [-0.1, -0.05) is 17.7 Å². The van der Waals surface area contributed by atoms with E-state index in [-0.39, 0.29) is 10.5 Å². The molecule has 0 heterocycles. The predicted molar refractivity (Wildman–Crippen MR) is 82.0 cm³/mol. The topological polar surface area (TPSA) is 89.3 Å². The maximum atomic E-state index is 12.3. The molecule has 0 saturated heterocycles. The first-order chi connectivity index (χ1) is 9.79. The highest BCUT2D eigenvalue weighted by Crippen LogP contribution is 2.23. The second kappa shape index (κ2) is 5.75. The molecule has 2 rings (SSSR count). The SMILES string of the molecule is Cc1ccc(Cl)cc1NS(=O)(=O)c1ccc(C(N)=O)cc1. The number of benzene rings is 2. The number of carbonyl (C=O) groups is 1. The molecule has 0 aliphatic rings. The van der Waals surface area contributed by atoms with Gasteiger partial charge < -0.3 is 5.73 Å². The maximum absolute atomic E-state index is 12.3. The van der Waals surface area contributed by atoms with E-state index in [0.29, 0.717) is 10.7 Å². The standard InChI is InChI=1S/C14H13ClN2O3S/c1-9-2-5-11(15)8-13(9)17-21(19,20)12-6-3-10(4-7-12)14(16)18/h2-8,17H,1H3,(H2,16,18). The van der Waals surface area contributed by atoms with E-state index in [0.717, 1.165) is 5.56 Å². The molecule has 1 amide bonds. The van der Waals surface area contributed by atoms with Gasteiger partial charge in [-0.15, -0.1) is 0 Å². The lowest BCUT2D eigenvalue weighted by Gasteiger charge is -2.11. The Morgan fingerprint density at radius 3 is 2.33 bits per heavy atom. The minimum Gasteiger partial charge on any atom is -0.366 e. The number of primary amides is 1. The van der Waals surface area contributed by atoms with E-state index in [1.165, 1.54) is 30.3 Å². The van der Waals surface area contributed by atoms with Crippen LogP contribution in [0.1, 0.15) is 15.9 Å². The fraction of sp³-hybridized carbons (Fsp3) is 0.0714. The maximum Gasteiger partial charge on any atom is 0.261 e. The number of hydrogen-bond acceptors (Lipinski definition) is 3. The Balaban J connectivity index is 2.34. The van der Waals surface area contributed by atoms with Crippen molar-refractivity contribution in [2.75, 3.05) is 4.72 Å². The number of rotatable bonds is 4. The van der Waals surface area contributed by atoms with Crippen LogP contribution < -0.4 is 10.5 Å². The average molecular weight is 325 g/mol. The number of sulfonamides is 1. The third kappa shape index (κ3) is 3.53. The van der Waals surface area contributed by atoms with Crippen LogP contribution >= 0.6 is 11.6 Å². The van der Waals surface area contributed by atoms with Crippen molar-refractivity contribution in [3.8, 4) is 0 Å². The van der Waals surface area contributed by atoms with Gasteiger partial charge in [-0.05, 0) is 48.9 Å². The van der Waals surface area contributed by atoms with E-state index in [1.807, 2.05) is 0 Å². The van der Waals surface area contributed by atoms with Gasteiger partial charge in [0.25, 0.3) is 10.0 Å². The number of halogens is 1. The third-order valence-corrected chi connectivity index (χ3v) is 4.51. The molecular formula is C14H13ClN2O3S. The Morgan fingerprint density at radius 2 is 1.76 bits per heavy atom. The fourth-order valence-electron chi connectivity index (χ4n) is 1.71. The zero-order chi connectivity index (χ0) is 15.6. The fourth-order valence-corrected chi connectivity index (χ4v) is 3.00. The van der Waals surface area contributed by atoms with Crippen LogP contribution in [-0.2, 0) is 10.0 Å². The summed E-state index contributed by atoms with van der Waals surface area (Å²) in [4.78, 5) is 11.0. The summed E-state index contributed by atoms with van der Waals surface area (Å²) in [5.41, 5.74) is 6.51. The largest absolute Gasteiger partial charge is 0.366 e. The van der Waals surface area contributed by atoms with Gasteiger partial charge in [0.15, 0.2) is 0 Å². The molecule has 0 saturated carbocycles. The van der Waals surface area contributed by atoms with Crippen molar-refractivity contribution in [3.05, 3.63) is 58.6 Å². The molecule has 0 bridgehead atoms. The van der Waals surface area contributed by atoms with Crippen LogP contribution in [0, 0.1) is 6.92 Å². The summed E-state index contributed by atoms with van der Waals surface area (Å²) in [6.45, 7) is 1.77. The van der Waals surface area contributed by atoms with Crippen molar-refractivity contribution >= 4 is 33.2 Å². The summed E-state index contributed by atoms with van der Waals surface area (Å²) in [5.74, 6) is -0.613. The van der Waals surface area contributed by atoms with E-state index in [9.17, 15) is 13.2 Å². The lowest BCUT2D eigenvalue weighted by Crippen LogP contribution is -2.15. The minimum atomic E-state index is -3.76. The third-order valence-electron chi connectivity index (χ3n) is 2.89. The van der Waals surface area contributed by atoms with E-state index in [4.69, 9.17) is 17.3 Å². The van der Waals surface area contributed by atoms with Crippen LogP contribution in [-0.4, -0.2) is 14.3 Å². The minimum absolute atomic E-state index is 0.0341. The molecule has 7 heteroatoms. The lowest BCUT2D eigenvalue weighted by molar-refractivity contribution is 0.1000. The Bertz CT molecular complexity index is 786. The summed E-state index contributed by atoms with van der Waals surface area (Å²) in [6, 6.07) is 10.3. The molecule has 0 aliphatic heterocycles. The van der Waals surface area contributed by atoms with Crippen LogP contribution in [0.5, 0.6) is 0 Å². The molecule has 0 atom stereocenters. The zero-order valence-electron chi connectivity index (χ0n) is 11.1. The highest BCUT2D eigenvalue weighted by atomic mass is 35.5. The van der Waals surface area contributed by atoms with Gasteiger partial charge in [0.1, 0.15) is 0 Å². The molecule has 3 N–H and O–H groups in total. The van der Waals surface area contributed by atoms with Crippen LogP contribution in [0.3, 0.4) is 0 Å². The molecule has 5 nitrogen and oxygen atoms in total. The normalized spacial score (nSPS) is 11.1. The highest BCUT2D eigenvalue weighted by molar-refractivity contribution is 7.92. The van der Waals surface area contributed by atoms with Crippen molar-refractivity contribution < 1.29 is 13.2 Å². The highest BCUT2D eigenvalue weighted by Gasteiger charge is 2.16. The van der Waals surface area contributed by atoms with Crippen molar-refractivity contribution in [2.45, 2.75) is 11.8 Å². The summed E-state index contributed by atoms with van der Waals surface area (Å²) in [7, 11) is -3.76. The molecule has 0 aliphatic carbocycles. The molecule has 110 valence electrons. The number of hydrogen-bond donors (Lipinski definition) is 2. The smallest absolute Gasteiger partial charge is 0.261 e. The number of nitrogens with two attached hydrogens (primary N) is 1. The quantitative estimate of drug-likeness (QED) is 0.905. The van der Waals surface area contributed by atoms with Crippen molar-refractivity contribution in [1.82, 2.24) is 0 Å². The first-order valence-corrected chi connectivity index (χ1v) is 7.84. The molecule has 0 aromatic heterocycles. The Labute approximate surface area is 127 Å². The number of nitrogens with one attached hydrogen (secondary N) is 1. The van der Waals surface area contributed by atoms with Crippen molar-refractivity contribution in [1.29, 1.82) is 0 Å². The number of carbonyl (C=O) groups excluding carboxylic acids is 1. The predicted octanol–water partition coefficient (Wildman–Crippen LogP) is 2.55. The van der Waals surface area contributed by atoms with Crippen LogP contribution in [0.25, 0.3) is 0 Å². The summed E-state index contributed by atoms with van der Waals surface area (Å²) in [6.07, 6.45) is 0. The first kappa shape index (κ1) is 15.3. The van der Waals surface area contributed by atoms with Gasteiger partial charge in [-0.3, -0.25) is 9.52 Å². The van der Waals surface area contributed by atoms with Crippen LogP contribution in [0.2, 0.25) is 5.02 Å². The average Bonchev–Trinajstić information content (AvgIpc) is 2.43.